The molecule has 0 heterocycles. The highest BCUT2D eigenvalue weighted by atomic mass is 35.5. The molecule has 2 aromatic rings. The summed E-state index contributed by atoms with van der Waals surface area (Å²) in [5.41, 5.74) is 2.06. The number of esters is 1. The van der Waals surface area contributed by atoms with Gasteiger partial charge >= 0.3 is 5.97 Å². The summed E-state index contributed by atoms with van der Waals surface area (Å²) >= 11 is 6.07. The Morgan fingerprint density at radius 3 is 2.28 bits per heavy atom. The van der Waals surface area contributed by atoms with E-state index in [1.807, 2.05) is 12.1 Å². The molecule has 1 N–H and O–H groups in total. The van der Waals surface area contributed by atoms with Crippen molar-refractivity contribution in [2.75, 3.05) is 6.61 Å². The zero-order valence-corrected chi connectivity index (χ0v) is 19.4. The molecule has 32 heavy (non-hydrogen) atoms. The fraction of sp³-hybridized carbons (Fsp3) is 0.423. The molecule has 6 heteroatoms. The molecule has 0 aliphatic heterocycles. The summed E-state index contributed by atoms with van der Waals surface area (Å²) in [7, 11) is 0. The number of carbonyl (C=O) groups excluding carboxylic acids is 3. The Morgan fingerprint density at radius 1 is 1.00 bits per heavy atom. The lowest BCUT2D eigenvalue weighted by atomic mass is 9.84. The summed E-state index contributed by atoms with van der Waals surface area (Å²) in [4.78, 5) is 37.7. The van der Waals surface area contributed by atoms with Crippen molar-refractivity contribution >= 4 is 29.3 Å². The Bertz CT molecular complexity index is 949. The third-order valence-electron chi connectivity index (χ3n) is 5.98. The number of Topliss-reactive ketones (excluding diaryl/α,β-unsaturated/α-hetero) is 1. The number of halogens is 1. The van der Waals surface area contributed by atoms with Crippen LogP contribution in [0.15, 0.2) is 48.5 Å². The SMILES string of the molecule is CC(C)[C@@H](NC(=O)c1ccccc1Cl)C(=O)OCC(=O)c1ccc(C2CCCCC2)cc1. The van der Waals surface area contributed by atoms with Crippen LogP contribution in [0.2, 0.25) is 5.02 Å². The van der Waals surface area contributed by atoms with Crippen LogP contribution in [-0.4, -0.2) is 30.3 Å². The maximum atomic E-state index is 12.6. The van der Waals surface area contributed by atoms with E-state index in [4.69, 9.17) is 16.3 Å². The van der Waals surface area contributed by atoms with Crippen LogP contribution in [0.5, 0.6) is 0 Å². The van der Waals surface area contributed by atoms with E-state index in [1.165, 1.54) is 37.7 Å². The van der Waals surface area contributed by atoms with Crippen molar-refractivity contribution in [2.24, 2.45) is 5.92 Å². The fourth-order valence-electron chi connectivity index (χ4n) is 4.05. The van der Waals surface area contributed by atoms with Crippen LogP contribution in [0, 0.1) is 5.92 Å². The van der Waals surface area contributed by atoms with Crippen molar-refractivity contribution in [3.8, 4) is 0 Å². The molecule has 2 aromatic carbocycles. The Hall–Kier alpha value is -2.66. The first-order valence-corrected chi connectivity index (χ1v) is 11.6. The van der Waals surface area contributed by atoms with E-state index in [-0.39, 0.29) is 23.9 Å². The smallest absolute Gasteiger partial charge is 0.329 e. The van der Waals surface area contributed by atoms with Crippen molar-refractivity contribution in [3.63, 3.8) is 0 Å². The summed E-state index contributed by atoms with van der Waals surface area (Å²) in [6.45, 7) is 3.22. The number of benzene rings is 2. The first-order chi connectivity index (χ1) is 15.4. The van der Waals surface area contributed by atoms with Gasteiger partial charge in [-0.3, -0.25) is 9.59 Å². The number of ketones is 1. The fourth-order valence-corrected chi connectivity index (χ4v) is 4.27. The van der Waals surface area contributed by atoms with Crippen LogP contribution in [0.25, 0.3) is 0 Å². The molecule has 170 valence electrons. The second-order valence-corrected chi connectivity index (χ2v) is 9.07. The molecule has 0 radical (unpaired) electrons. The minimum Gasteiger partial charge on any atom is -0.456 e. The predicted molar refractivity (Wildman–Crippen MR) is 125 cm³/mol. The average Bonchev–Trinajstić information content (AvgIpc) is 2.81. The van der Waals surface area contributed by atoms with Crippen molar-refractivity contribution in [3.05, 3.63) is 70.2 Å². The lowest BCUT2D eigenvalue weighted by Gasteiger charge is -2.22. The molecule has 0 saturated heterocycles. The zero-order chi connectivity index (χ0) is 23.1. The number of ether oxygens (including phenoxy) is 1. The molecule has 1 fully saturated rings. The molecule has 0 spiro atoms. The van der Waals surface area contributed by atoms with Crippen LogP contribution in [0.1, 0.15) is 78.1 Å². The van der Waals surface area contributed by atoms with E-state index in [1.54, 1.807) is 50.2 Å². The van der Waals surface area contributed by atoms with Gasteiger partial charge in [-0.15, -0.1) is 0 Å². The van der Waals surface area contributed by atoms with E-state index in [0.717, 1.165) is 0 Å². The summed E-state index contributed by atoms with van der Waals surface area (Å²) in [5, 5.41) is 2.97. The predicted octanol–water partition coefficient (Wildman–Crippen LogP) is 5.57. The van der Waals surface area contributed by atoms with Gasteiger partial charge in [0.2, 0.25) is 0 Å². The number of amides is 1. The van der Waals surface area contributed by atoms with Gasteiger partial charge in [-0.1, -0.05) is 81.1 Å². The summed E-state index contributed by atoms with van der Waals surface area (Å²) in [6, 6.07) is 13.3. The molecule has 5 nitrogen and oxygen atoms in total. The van der Waals surface area contributed by atoms with Crippen molar-refractivity contribution in [2.45, 2.75) is 57.9 Å². The summed E-state index contributed by atoms with van der Waals surface area (Å²) in [6.07, 6.45) is 6.20. The molecule has 3 rings (SSSR count). The normalized spacial score (nSPS) is 15.2. The Morgan fingerprint density at radius 2 is 1.66 bits per heavy atom. The maximum absolute atomic E-state index is 12.6. The average molecular weight is 456 g/mol. The molecular formula is C26H30ClNO4. The number of nitrogens with one attached hydrogen (secondary N) is 1. The van der Waals surface area contributed by atoms with Gasteiger partial charge in [0.25, 0.3) is 5.91 Å². The Labute approximate surface area is 194 Å². The Balaban J connectivity index is 1.56. The largest absolute Gasteiger partial charge is 0.456 e. The minimum atomic E-state index is -0.889. The van der Waals surface area contributed by atoms with Crippen molar-refractivity contribution in [1.82, 2.24) is 5.32 Å². The Kier molecular flexibility index (Phi) is 8.46. The van der Waals surface area contributed by atoms with Crippen molar-refractivity contribution < 1.29 is 19.1 Å². The van der Waals surface area contributed by atoms with E-state index in [2.05, 4.69) is 5.32 Å². The highest BCUT2D eigenvalue weighted by Crippen LogP contribution is 2.32. The molecule has 1 saturated carbocycles. The maximum Gasteiger partial charge on any atom is 0.329 e. The van der Waals surface area contributed by atoms with Gasteiger partial charge in [0.05, 0.1) is 10.6 Å². The van der Waals surface area contributed by atoms with Crippen molar-refractivity contribution in [1.29, 1.82) is 0 Å². The topological polar surface area (TPSA) is 72.5 Å². The van der Waals surface area contributed by atoms with Crippen LogP contribution < -0.4 is 5.32 Å². The molecule has 1 amide bonds. The standard InChI is InChI=1S/C26H30ClNO4/c1-17(2)24(28-25(30)21-10-6-7-11-22(21)27)26(31)32-16-23(29)20-14-12-19(13-15-20)18-8-4-3-5-9-18/h6-7,10-15,17-18,24H,3-5,8-9,16H2,1-2H3,(H,28,30)/t24-/m1/s1. The molecule has 1 aliphatic carbocycles. The van der Waals surface area contributed by atoms with Gasteiger partial charge in [0.15, 0.2) is 12.4 Å². The lowest BCUT2D eigenvalue weighted by molar-refractivity contribution is -0.145. The summed E-state index contributed by atoms with van der Waals surface area (Å²) < 4.78 is 5.26. The molecule has 1 atom stereocenters. The van der Waals surface area contributed by atoms with Gasteiger partial charge in [0, 0.05) is 5.56 Å². The van der Waals surface area contributed by atoms with Gasteiger partial charge < -0.3 is 10.1 Å². The molecular weight excluding hydrogens is 426 g/mol. The second-order valence-electron chi connectivity index (χ2n) is 8.66. The summed E-state index contributed by atoms with van der Waals surface area (Å²) in [5.74, 6) is -1.03. The minimum absolute atomic E-state index is 0.223. The zero-order valence-electron chi connectivity index (χ0n) is 18.6. The molecule has 1 aliphatic rings. The number of carbonyl (C=O) groups is 3. The van der Waals surface area contributed by atoms with Gasteiger partial charge in [-0.2, -0.15) is 0 Å². The van der Waals surface area contributed by atoms with E-state index in [9.17, 15) is 14.4 Å². The number of rotatable bonds is 8. The second kappa shape index (κ2) is 11.3. The molecule has 0 unspecified atom stereocenters. The van der Waals surface area contributed by atoms with Crippen LogP contribution in [0.3, 0.4) is 0 Å². The van der Waals surface area contributed by atoms with Crippen LogP contribution in [0.4, 0.5) is 0 Å². The van der Waals surface area contributed by atoms with Gasteiger partial charge in [-0.05, 0) is 42.4 Å². The lowest BCUT2D eigenvalue weighted by Crippen LogP contribution is -2.45. The van der Waals surface area contributed by atoms with Gasteiger partial charge in [-0.25, -0.2) is 4.79 Å². The van der Waals surface area contributed by atoms with E-state index < -0.39 is 17.9 Å². The highest BCUT2D eigenvalue weighted by molar-refractivity contribution is 6.33. The van der Waals surface area contributed by atoms with E-state index >= 15 is 0 Å². The molecule has 0 bridgehead atoms. The number of hydrogen-bond donors (Lipinski definition) is 1. The van der Waals surface area contributed by atoms with Gasteiger partial charge in [0.1, 0.15) is 6.04 Å². The number of hydrogen-bond acceptors (Lipinski definition) is 4. The third kappa shape index (κ3) is 6.19. The monoisotopic (exact) mass is 455 g/mol. The first-order valence-electron chi connectivity index (χ1n) is 11.2. The highest BCUT2D eigenvalue weighted by Gasteiger charge is 2.27. The van der Waals surface area contributed by atoms with Crippen LogP contribution >= 0.6 is 11.6 Å². The molecule has 0 aromatic heterocycles. The van der Waals surface area contributed by atoms with Crippen LogP contribution in [-0.2, 0) is 9.53 Å². The first kappa shape index (κ1) is 24.0. The van der Waals surface area contributed by atoms with E-state index in [0.29, 0.717) is 16.5 Å². The third-order valence-corrected chi connectivity index (χ3v) is 6.31. The quantitative estimate of drug-likeness (QED) is 0.417.